The van der Waals surface area contributed by atoms with Gasteiger partial charge >= 0.3 is 6.03 Å². The SMILES string of the molecule is CCS[C@@H]1CC[C@H](NC(=O)N[C@H]2CCO[C@H](C3CC3)C2)C1. The lowest BCUT2D eigenvalue weighted by atomic mass is 10.0. The maximum atomic E-state index is 12.2. The van der Waals surface area contributed by atoms with E-state index in [4.69, 9.17) is 4.74 Å². The maximum absolute atomic E-state index is 12.2. The molecule has 4 nitrogen and oxygen atoms in total. The highest BCUT2D eigenvalue weighted by Crippen LogP contribution is 2.38. The lowest BCUT2D eigenvalue weighted by Gasteiger charge is -2.30. The number of carbonyl (C=O) groups is 1. The number of rotatable bonds is 5. The Morgan fingerprint density at radius 3 is 2.57 bits per heavy atom. The van der Waals surface area contributed by atoms with Gasteiger partial charge in [-0.25, -0.2) is 4.79 Å². The van der Waals surface area contributed by atoms with Crippen LogP contribution >= 0.6 is 11.8 Å². The zero-order chi connectivity index (χ0) is 14.7. The number of thioether (sulfide) groups is 1. The van der Waals surface area contributed by atoms with Crippen molar-refractivity contribution in [2.75, 3.05) is 12.4 Å². The quantitative estimate of drug-likeness (QED) is 0.820. The minimum atomic E-state index is 0.0311. The summed E-state index contributed by atoms with van der Waals surface area (Å²) in [6, 6.07) is 0.697. The zero-order valence-electron chi connectivity index (χ0n) is 13.0. The number of hydrogen-bond acceptors (Lipinski definition) is 3. The summed E-state index contributed by atoms with van der Waals surface area (Å²) in [6.07, 6.45) is 8.45. The fourth-order valence-electron chi connectivity index (χ4n) is 3.63. The highest BCUT2D eigenvalue weighted by Gasteiger charge is 2.36. The van der Waals surface area contributed by atoms with Crippen molar-refractivity contribution >= 4 is 17.8 Å². The molecule has 1 aliphatic heterocycles. The molecule has 2 saturated carbocycles. The minimum absolute atomic E-state index is 0.0311. The molecule has 0 unspecified atom stereocenters. The Morgan fingerprint density at radius 1 is 1.10 bits per heavy atom. The largest absolute Gasteiger partial charge is 0.378 e. The number of nitrogens with one attached hydrogen (secondary N) is 2. The molecule has 1 saturated heterocycles. The van der Waals surface area contributed by atoms with Crippen LogP contribution in [0.3, 0.4) is 0 Å². The van der Waals surface area contributed by atoms with Gasteiger partial charge in [-0.15, -0.1) is 0 Å². The van der Waals surface area contributed by atoms with E-state index in [0.29, 0.717) is 18.2 Å². The van der Waals surface area contributed by atoms with Gasteiger partial charge in [0.05, 0.1) is 6.10 Å². The number of hydrogen-bond donors (Lipinski definition) is 2. The van der Waals surface area contributed by atoms with Gasteiger partial charge in [-0.2, -0.15) is 11.8 Å². The summed E-state index contributed by atoms with van der Waals surface area (Å²) in [5.41, 5.74) is 0. The van der Waals surface area contributed by atoms with E-state index in [9.17, 15) is 4.79 Å². The highest BCUT2D eigenvalue weighted by atomic mass is 32.2. The molecule has 0 radical (unpaired) electrons. The van der Waals surface area contributed by atoms with Crippen LogP contribution in [0.1, 0.15) is 51.9 Å². The molecule has 3 fully saturated rings. The van der Waals surface area contributed by atoms with Crippen molar-refractivity contribution in [1.82, 2.24) is 10.6 Å². The molecule has 0 aromatic heterocycles. The van der Waals surface area contributed by atoms with E-state index in [0.717, 1.165) is 43.5 Å². The molecule has 0 spiro atoms. The summed E-state index contributed by atoms with van der Waals surface area (Å²) in [4.78, 5) is 12.2. The van der Waals surface area contributed by atoms with Crippen molar-refractivity contribution in [2.24, 2.45) is 5.92 Å². The van der Waals surface area contributed by atoms with Crippen molar-refractivity contribution in [3.05, 3.63) is 0 Å². The lowest BCUT2D eigenvalue weighted by molar-refractivity contribution is -0.00917. The van der Waals surface area contributed by atoms with E-state index in [2.05, 4.69) is 17.6 Å². The Morgan fingerprint density at radius 2 is 1.86 bits per heavy atom. The molecule has 0 aromatic carbocycles. The summed E-state index contributed by atoms with van der Waals surface area (Å²) in [5, 5.41) is 7.08. The first-order valence-corrected chi connectivity index (χ1v) is 9.59. The van der Waals surface area contributed by atoms with Crippen LogP contribution < -0.4 is 10.6 Å². The van der Waals surface area contributed by atoms with Crippen molar-refractivity contribution in [3.8, 4) is 0 Å². The van der Waals surface area contributed by atoms with Crippen molar-refractivity contribution in [3.63, 3.8) is 0 Å². The highest BCUT2D eigenvalue weighted by molar-refractivity contribution is 7.99. The van der Waals surface area contributed by atoms with E-state index in [1.807, 2.05) is 11.8 Å². The predicted octanol–water partition coefficient (Wildman–Crippen LogP) is 2.92. The molecule has 2 N–H and O–H groups in total. The average molecular weight is 312 g/mol. The number of amides is 2. The Kier molecular flexibility index (Phi) is 5.33. The second kappa shape index (κ2) is 7.23. The van der Waals surface area contributed by atoms with E-state index < -0.39 is 0 Å². The third-order valence-corrected chi connectivity index (χ3v) is 6.15. The molecule has 2 amide bonds. The third-order valence-electron chi connectivity index (χ3n) is 4.92. The van der Waals surface area contributed by atoms with E-state index in [1.54, 1.807) is 0 Å². The van der Waals surface area contributed by atoms with E-state index >= 15 is 0 Å². The maximum Gasteiger partial charge on any atom is 0.315 e. The fourth-order valence-corrected chi connectivity index (χ4v) is 4.77. The summed E-state index contributed by atoms with van der Waals surface area (Å²) in [5.74, 6) is 1.94. The van der Waals surface area contributed by atoms with Gasteiger partial charge in [0.15, 0.2) is 0 Å². The van der Waals surface area contributed by atoms with E-state index in [-0.39, 0.29) is 6.03 Å². The minimum Gasteiger partial charge on any atom is -0.378 e. The molecule has 3 rings (SSSR count). The molecule has 5 heteroatoms. The Hall–Kier alpha value is -0.420. The Labute approximate surface area is 132 Å². The van der Waals surface area contributed by atoms with Crippen LogP contribution in [-0.4, -0.2) is 41.8 Å². The molecule has 3 aliphatic rings. The summed E-state index contributed by atoms with van der Waals surface area (Å²) < 4.78 is 5.81. The topological polar surface area (TPSA) is 50.4 Å². The number of carbonyl (C=O) groups excluding carboxylic acids is 1. The Bertz CT molecular complexity index is 362. The first-order valence-electron chi connectivity index (χ1n) is 8.54. The summed E-state index contributed by atoms with van der Waals surface area (Å²) in [7, 11) is 0. The molecule has 0 bridgehead atoms. The van der Waals surface area contributed by atoms with Crippen LogP contribution in [0.4, 0.5) is 4.79 Å². The van der Waals surface area contributed by atoms with Crippen LogP contribution in [-0.2, 0) is 4.74 Å². The lowest BCUT2D eigenvalue weighted by Crippen LogP contribution is -2.48. The normalized spacial score (nSPS) is 36.4. The van der Waals surface area contributed by atoms with Crippen molar-refractivity contribution in [1.29, 1.82) is 0 Å². The van der Waals surface area contributed by atoms with Gasteiger partial charge in [0.25, 0.3) is 0 Å². The molecule has 1 heterocycles. The Balaban J connectivity index is 1.37. The first-order chi connectivity index (χ1) is 10.2. The predicted molar refractivity (Wildman–Crippen MR) is 86.7 cm³/mol. The van der Waals surface area contributed by atoms with Gasteiger partial charge in [-0.1, -0.05) is 6.92 Å². The van der Waals surface area contributed by atoms with E-state index in [1.165, 1.54) is 25.0 Å². The van der Waals surface area contributed by atoms with Crippen LogP contribution in [0.2, 0.25) is 0 Å². The number of urea groups is 1. The van der Waals surface area contributed by atoms with Crippen molar-refractivity contribution in [2.45, 2.75) is 75.3 Å². The second-order valence-corrected chi connectivity index (χ2v) is 8.25. The van der Waals surface area contributed by atoms with Gasteiger partial charge in [-0.05, 0) is 56.6 Å². The third kappa shape index (κ3) is 4.52. The summed E-state index contributed by atoms with van der Waals surface area (Å²) >= 11 is 2.03. The number of ether oxygens (including phenoxy) is 1. The molecule has 21 heavy (non-hydrogen) atoms. The summed E-state index contributed by atoms with van der Waals surface area (Å²) in [6.45, 7) is 3.00. The van der Waals surface area contributed by atoms with Gasteiger partial charge in [0.1, 0.15) is 0 Å². The smallest absolute Gasteiger partial charge is 0.315 e. The molecular weight excluding hydrogens is 284 g/mol. The van der Waals surface area contributed by atoms with Gasteiger partial charge in [0.2, 0.25) is 0 Å². The standard InChI is InChI=1S/C16H28N2O2S/c1-2-21-14-6-5-12(9-14)17-16(19)18-13-7-8-20-15(10-13)11-3-4-11/h11-15H,2-10H2,1H3,(H2,17,18,19)/t12-,13-,14+,15-/m0/s1. The molecule has 120 valence electrons. The van der Waals surface area contributed by atoms with Crippen LogP contribution in [0.5, 0.6) is 0 Å². The van der Waals surface area contributed by atoms with Gasteiger partial charge in [0, 0.05) is 23.9 Å². The van der Waals surface area contributed by atoms with Crippen LogP contribution in [0.25, 0.3) is 0 Å². The molecule has 0 aromatic rings. The van der Waals surface area contributed by atoms with Crippen LogP contribution in [0, 0.1) is 5.92 Å². The zero-order valence-corrected chi connectivity index (χ0v) is 13.8. The first kappa shape index (κ1) is 15.5. The second-order valence-electron chi connectivity index (χ2n) is 6.67. The molecular formula is C16H28N2O2S. The molecule has 4 atom stereocenters. The van der Waals surface area contributed by atoms with Gasteiger partial charge in [-0.3, -0.25) is 0 Å². The molecule has 2 aliphatic carbocycles. The van der Waals surface area contributed by atoms with Crippen molar-refractivity contribution < 1.29 is 9.53 Å². The van der Waals surface area contributed by atoms with Gasteiger partial charge < -0.3 is 15.4 Å². The monoisotopic (exact) mass is 312 g/mol. The fraction of sp³-hybridized carbons (Fsp3) is 0.938. The average Bonchev–Trinajstić information content (AvgIpc) is 3.22. The van der Waals surface area contributed by atoms with Crippen LogP contribution in [0.15, 0.2) is 0 Å².